The third-order valence-electron chi connectivity index (χ3n) is 7.66. The van der Waals surface area contributed by atoms with Crippen molar-refractivity contribution in [3.8, 4) is 0 Å². The third-order valence-corrected chi connectivity index (χ3v) is 7.66. The quantitative estimate of drug-likeness (QED) is 0.375. The molecule has 0 aliphatic carbocycles. The maximum absolute atomic E-state index is 14.1. The van der Waals surface area contributed by atoms with E-state index in [1.165, 1.54) is 23.6 Å². The van der Waals surface area contributed by atoms with E-state index >= 15 is 0 Å². The summed E-state index contributed by atoms with van der Waals surface area (Å²) in [5, 5.41) is 8.27. The Kier molecular flexibility index (Phi) is 11.1. The number of amides is 5. The van der Waals surface area contributed by atoms with Crippen LogP contribution in [0.3, 0.4) is 0 Å². The lowest BCUT2D eigenvalue weighted by atomic mass is 9.84. The van der Waals surface area contributed by atoms with E-state index in [0.717, 1.165) is 5.56 Å². The molecule has 2 aromatic rings. The molecule has 0 saturated carbocycles. The largest absolute Gasteiger partial charge is 0.445 e. The molecule has 0 bridgehead atoms. The molecule has 3 rings (SSSR count). The van der Waals surface area contributed by atoms with Crippen molar-refractivity contribution in [3.63, 3.8) is 0 Å². The predicted molar refractivity (Wildman–Crippen MR) is 174 cm³/mol. The number of likely N-dealkylation sites (N-methyl/N-ethyl adjacent to an activating group) is 1. The summed E-state index contributed by atoms with van der Waals surface area (Å²) in [6.45, 7) is 11.7. The zero-order valence-corrected chi connectivity index (χ0v) is 28.1. The standard InChI is InChI=1S/C34H47N5O7/c1-31(2,3)46-30(44)39-21-19-34(20-22-39,27(41)35-33(6,7)28(42)38(8)25-17-13-10-14-18-25)36-26(40)32(4,5)37-29(43)45-23-24-15-11-9-12-16-24/h9-18H,19-23H2,1-8H3,(H,35,41)(H,36,40)(H,37,43). The van der Waals surface area contributed by atoms with Crippen LogP contribution in [0.25, 0.3) is 0 Å². The summed E-state index contributed by atoms with van der Waals surface area (Å²) >= 11 is 0. The van der Waals surface area contributed by atoms with E-state index in [2.05, 4.69) is 16.0 Å². The van der Waals surface area contributed by atoms with Gasteiger partial charge < -0.3 is 35.2 Å². The minimum absolute atomic E-state index is 0.0117. The number of benzene rings is 2. The van der Waals surface area contributed by atoms with Crippen LogP contribution in [0.4, 0.5) is 15.3 Å². The van der Waals surface area contributed by atoms with E-state index in [-0.39, 0.29) is 38.4 Å². The average Bonchev–Trinajstić information content (AvgIpc) is 2.99. The van der Waals surface area contributed by atoms with Gasteiger partial charge in [0.25, 0.3) is 5.91 Å². The Hall–Kier alpha value is -4.61. The number of piperidine rings is 1. The van der Waals surface area contributed by atoms with E-state index in [1.807, 2.05) is 24.3 Å². The summed E-state index contributed by atoms with van der Waals surface area (Å²) in [6.07, 6.45) is -1.26. The van der Waals surface area contributed by atoms with Crippen LogP contribution in [0.5, 0.6) is 0 Å². The summed E-state index contributed by atoms with van der Waals surface area (Å²) in [4.78, 5) is 69.7. The van der Waals surface area contributed by atoms with Crippen molar-refractivity contribution in [2.75, 3.05) is 25.0 Å². The van der Waals surface area contributed by atoms with Crippen molar-refractivity contribution in [2.45, 2.75) is 90.1 Å². The lowest BCUT2D eigenvalue weighted by Crippen LogP contribution is -2.70. The molecule has 1 saturated heterocycles. The first kappa shape index (κ1) is 35.9. The predicted octanol–water partition coefficient (Wildman–Crippen LogP) is 4.14. The minimum Gasteiger partial charge on any atom is -0.445 e. The number of alkyl carbamates (subject to hydrolysis) is 1. The van der Waals surface area contributed by atoms with Gasteiger partial charge in [-0.15, -0.1) is 0 Å². The Morgan fingerprint density at radius 3 is 1.89 bits per heavy atom. The van der Waals surface area contributed by atoms with Crippen molar-refractivity contribution >= 4 is 35.6 Å². The van der Waals surface area contributed by atoms with Gasteiger partial charge in [-0.05, 0) is 79.0 Å². The molecule has 3 N–H and O–H groups in total. The van der Waals surface area contributed by atoms with Gasteiger partial charge in [0.2, 0.25) is 11.8 Å². The van der Waals surface area contributed by atoms with E-state index in [9.17, 15) is 24.0 Å². The van der Waals surface area contributed by atoms with Crippen LogP contribution in [0.1, 0.15) is 66.9 Å². The lowest BCUT2D eigenvalue weighted by molar-refractivity contribution is -0.140. The van der Waals surface area contributed by atoms with Crippen molar-refractivity contribution in [1.82, 2.24) is 20.9 Å². The van der Waals surface area contributed by atoms with Crippen LogP contribution in [0, 0.1) is 0 Å². The third kappa shape index (κ3) is 9.45. The Morgan fingerprint density at radius 2 is 1.35 bits per heavy atom. The van der Waals surface area contributed by atoms with Crippen LogP contribution >= 0.6 is 0 Å². The topological polar surface area (TPSA) is 146 Å². The average molecular weight is 638 g/mol. The molecule has 12 nitrogen and oxygen atoms in total. The maximum Gasteiger partial charge on any atom is 0.410 e. The molecule has 12 heteroatoms. The maximum atomic E-state index is 14.1. The summed E-state index contributed by atoms with van der Waals surface area (Å²) < 4.78 is 10.8. The number of para-hydroxylation sites is 1. The Labute approximate surface area is 271 Å². The summed E-state index contributed by atoms with van der Waals surface area (Å²) in [5.41, 5.74) is -3.64. The Bertz CT molecular complexity index is 1400. The molecule has 5 amide bonds. The number of nitrogens with one attached hydrogen (secondary N) is 3. The molecule has 2 aromatic carbocycles. The molecule has 0 unspecified atom stereocenters. The second-order valence-electron chi connectivity index (χ2n) is 13.6. The first-order chi connectivity index (χ1) is 21.4. The minimum atomic E-state index is -1.51. The fourth-order valence-electron chi connectivity index (χ4n) is 4.90. The molecule has 0 atom stereocenters. The van der Waals surface area contributed by atoms with Gasteiger partial charge in [0.05, 0.1) is 0 Å². The van der Waals surface area contributed by atoms with Crippen LogP contribution in [0.2, 0.25) is 0 Å². The summed E-state index contributed by atoms with van der Waals surface area (Å²) in [5.74, 6) is -1.61. The first-order valence-corrected chi connectivity index (χ1v) is 15.3. The molecular formula is C34H47N5O7. The second-order valence-corrected chi connectivity index (χ2v) is 13.6. The highest BCUT2D eigenvalue weighted by Gasteiger charge is 2.48. The molecular weight excluding hydrogens is 590 g/mol. The molecule has 250 valence electrons. The van der Waals surface area contributed by atoms with Crippen molar-refractivity contribution in [3.05, 3.63) is 66.2 Å². The number of rotatable bonds is 9. The van der Waals surface area contributed by atoms with Gasteiger partial charge in [-0.2, -0.15) is 0 Å². The highest BCUT2D eigenvalue weighted by Crippen LogP contribution is 2.27. The van der Waals surface area contributed by atoms with E-state index in [0.29, 0.717) is 5.69 Å². The van der Waals surface area contributed by atoms with Gasteiger partial charge >= 0.3 is 12.2 Å². The van der Waals surface area contributed by atoms with Crippen LogP contribution in [-0.2, 0) is 30.5 Å². The zero-order chi connectivity index (χ0) is 34.3. The Morgan fingerprint density at radius 1 is 0.804 bits per heavy atom. The number of carbonyl (C=O) groups excluding carboxylic acids is 5. The molecule has 0 spiro atoms. The first-order valence-electron chi connectivity index (χ1n) is 15.3. The van der Waals surface area contributed by atoms with Gasteiger partial charge in [-0.1, -0.05) is 48.5 Å². The zero-order valence-electron chi connectivity index (χ0n) is 28.1. The highest BCUT2D eigenvalue weighted by molar-refractivity contribution is 6.03. The van der Waals surface area contributed by atoms with Crippen molar-refractivity contribution in [2.24, 2.45) is 0 Å². The van der Waals surface area contributed by atoms with Gasteiger partial charge in [0.15, 0.2) is 0 Å². The number of anilines is 1. The monoisotopic (exact) mass is 637 g/mol. The van der Waals surface area contributed by atoms with Gasteiger partial charge in [-0.25, -0.2) is 9.59 Å². The highest BCUT2D eigenvalue weighted by atomic mass is 16.6. The van der Waals surface area contributed by atoms with Crippen LogP contribution in [-0.4, -0.2) is 77.2 Å². The van der Waals surface area contributed by atoms with E-state index in [1.54, 1.807) is 78.1 Å². The number of ether oxygens (including phenoxy) is 2. The number of nitrogens with zero attached hydrogens (tertiary/aromatic N) is 2. The van der Waals surface area contributed by atoms with E-state index in [4.69, 9.17) is 9.47 Å². The van der Waals surface area contributed by atoms with Crippen molar-refractivity contribution < 1.29 is 33.4 Å². The summed E-state index contributed by atoms with van der Waals surface area (Å²) in [6, 6.07) is 18.1. The SMILES string of the molecule is CN(C(=O)C(C)(C)NC(=O)C1(NC(=O)C(C)(C)NC(=O)OCc2ccccc2)CCN(C(=O)OC(C)(C)C)CC1)c1ccccc1. The fourth-order valence-corrected chi connectivity index (χ4v) is 4.90. The number of carbonyl (C=O) groups is 5. The molecule has 1 aliphatic heterocycles. The number of hydrogen-bond acceptors (Lipinski definition) is 7. The van der Waals surface area contributed by atoms with Crippen LogP contribution < -0.4 is 20.9 Å². The van der Waals surface area contributed by atoms with Gasteiger partial charge in [0, 0.05) is 25.8 Å². The van der Waals surface area contributed by atoms with Gasteiger partial charge in [-0.3, -0.25) is 14.4 Å². The van der Waals surface area contributed by atoms with Crippen LogP contribution in [0.15, 0.2) is 60.7 Å². The van der Waals surface area contributed by atoms with Gasteiger partial charge in [0.1, 0.15) is 28.8 Å². The lowest BCUT2D eigenvalue weighted by Gasteiger charge is -2.44. The molecule has 0 radical (unpaired) electrons. The van der Waals surface area contributed by atoms with E-state index < -0.39 is 46.2 Å². The van der Waals surface area contributed by atoms with Crippen molar-refractivity contribution in [1.29, 1.82) is 0 Å². The molecule has 1 heterocycles. The molecule has 46 heavy (non-hydrogen) atoms. The Balaban J connectivity index is 1.79. The molecule has 0 aromatic heterocycles. The fraction of sp³-hybridized carbons (Fsp3) is 0.500. The number of likely N-dealkylation sites (tertiary alicyclic amines) is 1. The normalized spacial score (nSPS) is 14.8. The second kappa shape index (κ2) is 14.2. The number of hydrogen-bond donors (Lipinski definition) is 3. The summed E-state index contributed by atoms with van der Waals surface area (Å²) in [7, 11) is 1.62. The molecule has 1 fully saturated rings. The smallest absolute Gasteiger partial charge is 0.410 e. The molecule has 1 aliphatic rings.